The van der Waals surface area contributed by atoms with Crippen LogP contribution in [0.3, 0.4) is 0 Å². The largest absolute Gasteiger partial charge is 0.309 e. The summed E-state index contributed by atoms with van der Waals surface area (Å²) in [6, 6.07) is 41.1. The highest BCUT2D eigenvalue weighted by atomic mass is 15.0. The molecule has 0 N–H and O–H groups in total. The number of rotatable bonds is 5. The molecule has 2 heteroatoms. The lowest BCUT2D eigenvalue weighted by Gasteiger charge is -2.09. The van der Waals surface area contributed by atoms with Crippen LogP contribution in [-0.2, 0) is 12.8 Å². The van der Waals surface area contributed by atoms with Gasteiger partial charge in [-0.05, 0) is 60.4 Å². The standard InChI is InChI=1S/C31H24N2/c1-3-10-30-27(7-1)28-8-2-4-11-31(28)33(30)26-20-16-24(17-21-26)13-12-23-14-18-25(19-15-23)29-9-5-6-22-32-29/h1-11,14-22H,12-13H2. The maximum absolute atomic E-state index is 4.44. The zero-order chi connectivity index (χ0) is 22.0. The second-order valence-corrected chi connectivity index (χ2v) is 8.45. The van der Waals surface area contributed by atoms with Gasteiger partial charge >= 0.3 is 0 Å². The Labute approximate surface area is 193 Å². The van der Waals surface area contributed by atoms with Crippen LogP contribution in [0.4, 0.5) is 0 Å². The number of aromatic nitrogens is 2. The molecule has 2 nitrogen and oxygen atoms in total. The van der Waals surface area contributed by atoms with Crippen molar-refractivity contribution >= 4 is 21.8 Å². The van der Waals surface area contributed by atoms with Crippen LogP contribution >= 0.6 is 0 Å². The van der Waals surface area contributed by atoms with Crippen molar-refractivity contribution in [1.82, 2.24) is 9.55 Å². The Kier molecular flexibility index (Phi) is 4.97. The van der Waals surface area contributed by atoms with Crippen LogP contribution < -0.4 is 0 Å². The van der Waals surface area contributed by atoms with Crippen LogP contribution in [-0.4, -0.2) is 9.55 Å². The predicted molar refractivity (Wildman–Crippen MR) is 138 cm³/mol. The average molecular weight is 425 g/mol. The van der Waals surface area contributed by atoms with E-state index in [0.717, 1.165) is 24.1 Å². The van der Waals surface area contributed by atoms with E-state index in [1.165, 1.54) is 38.6 Å². The third-order valence-electron chi connectivity index (χ3n) is 6.39. The van der Waals surface area contributed by atoms with Crippen molar-refractivity contribution in [3.05, 3.63) is 133 Å². The van der Waals surface area contributed by atoms with Crippen LogP contribution in [0.1, 0.15) is 11.1 Å². The van der Waals surface area contributed by atoms with Crippen LogP contribution in [0.25, 0.3) is 38.8 Å². The Bertz CT molecular complexity index is 1470. The molecule has 0 amide bonds. The molecule has 0 bridgehead atoms. The number of hydrogen-bond donors (Lipinski definition) is 0. The fourth-order valence-corrected chi connectivity index (χ4v) is 4.68. The number of aryl methyl sites for hydroxylation is 2. The van der Waals surface area contributed by atoms with Crippen molar-refractivity contribution in [2.45, 2.75) is 12.8 Å². The average Bonchev–Trinajstić information content (AvgIpc) is 3.23. The van der Waals surface area contributed by atoms with Crippen molar-refractivity contribution in [3.63, 3.8) is 0 Å². The van der Waals surface area contributed by atoms with Gasteiger partial charge in [0.05, 0.1) is 16.7 Å². The highest BCUT2D eigenvalue weighted by molar-refractivity contribution is 6.09. The van der Waals surface area contributed by atoms with Gasteiger partial charge in [-0.1, -0.05) is 78.9 Å². The summed E-state index contributed by atoms with van der Waals surface area (Å²) in [5, 5.41) is 2.60. The van der Waals surface area contributed by atoms with Gasteiger partial charge in [0.15, 0.2) is 0 Å². The molecular formula is C31H24N2. The molecule has 33 heavy (non-hydrogen) atoms. The molecule has 0 atom stereocenters. The van der Waals surface area contributed by atoms with E-state index < -0.39 is 0 Å². The number of para-hydroxylation sites is 2. The van der Waals surface area contributed by atoms with E-state index >= 15 is 0 Å². The van der Waals surface area contributed by atoms with E-state index in [1.807, 2.05) is 24.4 Å². The zero-order valence-corrected chi connectivity index (χ0v) is 18.4. The first-order valence-electron chi connectivity index (χ1n) is 11.4. The van der Waals surface area contributed by atoms with Crippen LogP contribution in [0.2, 0.25) is 0 Å². The first-order valence-corrected chi connectivity index (χ1v) is 11.4. The lowest BCUT2D eigenvalue weighted by atomic mass is 10.0. The fraction of sp³-hybridized carbons (Fsp3) is 0.0645. The maximum atomic E-state index is 4.44. The van der Waals surface area contributed by atoms with Gasteiger partial charge in [0.1, 0.15) is 0 Å². The van der Waals surface area contributed by atoms with Crippen molar-refractivity contribution in [2.24, 2.45) is 0 Å². The Morgan fingerprint density at radius 1 is 0.515 bits per heavy atom. The predicted octanol–water partition coefficient (Wildman–Crippen LogP) is 7.63. The van der Waals surface area contributed by atoms with Gasteiger partial charge in [-0.3, -0.25) is 4.98 Å². The van der Waals surface area contributed by atoms with Gasteiger partial charge < -0.3 is 4.57 Å². The van der Waals surface area contributed by atoms with E-state index in [9.17, 15) is 0 Å². The van der Waals surface area contributed by atoms with E-state index in [2.05, 4.69) is 107 Å². The Morgan fingerprint density at radius 2 is 1.06 bits per heavy atom. The van der Waals surface area contributed by atoms with Crippen LogP contribution in [0, 0.1) is 0 Å². The van der Waals surface area contributed by atoms with Gasteiger partial charge in [0, 0.05) is 28.2 Å². The molecule has 0 unspecified atom stereocenters. The summed E-state index contributed by atoms with van der Waals surface area (Å²) in [6.07, 6.45) is 3.89. The molecule has 6 aromatic rings. The van der Waals surface area contributed by atoms with E-state index in [4.69, 9.17) is 0 Å². The molecule has 0 aliphatic rings. The van der Waals surface area contributed by atoms with Crippen molar-refractivity contribution in [3.8, 4) is 16.9 Å². The molecule has 0 saturated carbocycles. The fourth-order valence-electron chi connectivity index (χ4n) is 4.68. The third-order valence-corrected chi connectivity index (χ3v) is 6.39. The summed E-state index contributed by atoms with van der Waals surface area (Å²) in [5.74, 6) is 0. The SMILES string of the molecule is c1ccc(-c2ccc(CCc3ccc(-n4c5ccccc5c5ccccc54)cc3)cc2)nc1. The van der Waals surface area contributed by atoms with Crippen molar-refractivity contribution in [2.75, 3.05) is 0 Å². The smallest absolute Gasteiger partial charge is 0.0701 e. The summed E-state index contributed by atoms with van der Waals surface area (Å²) in [7, 11) is 0. The number of pyridine rings is 1. The second-order valence-electron chi connectivity index (χ2n) is 8.45. The van der Waals surface area contributed by atoms with Gasteiger partial charge in [0.2, 0.25) is 0 Å². The summed E-state index contributed by atoms with van der Waals surface area (Å²) in [6.45, 7) is 0. The van der Waals surface area contributed by atoms with Gasteiger partial charge in [0.25, 0.3) is 0 Å². The first-order chi connectivity index (χ1) is 16.4. The monoisotopic (exact) mass is 424 g/mol. The van der Waals surface area contributed by atoms with Gasteiger partial charge in [-0.2, -0.15) is 0 Å². The molecule has 0 radical (unpaired) electrons. The molecule has 0 saturated heterocycles. The Morgan fingerprint density at radius 3 is 1.64 bits per heavy atom. The molecule has 0 fully saturated rings. The summed E-state index contributed by atoms with van der Waals surface area (Å²) < 4.78 is 2.37. The Balaban J connectivity index is 1.23. The lowest BCUT2D eigenvalue weighted by molar-refractivity contribution is 0.958. The van der Waals surface area contributed by atoms with Crippen molar-refractivity contribution in [1.29, 1.82) is 0 Å². The minimum atomic E-state index is 1.02. The lowest BCUT2D eigenvalue weighted by Crippen LogP contribution is -1.96. The van der Waals surface area contributed by atoms with Gasteiger partial charge in [-0.15, -0.1) is 0 Å². The third kappa shape index (κ3) is 3.70. The maximum Gasteiger partial charge on any atom is 0.0701 e. The minimum Gasteiger partial charge on any atom is -0.309 e. The van der Waals surface area contributed by atoms with Crippen LogP contribution in [0.15, 0.2) is 121 Å². The summed E-state index contributed by atoms with van der Waals surface area (Å²) >= 11 is 0. The molecular weight excluding hydrogens is 400 g/mol. The summed E-state index contributed by atoms with van der Waals surface area (Å²) in [5.41, 5.74) is 8.59. The molecule has 0 aliphatic carbocycles. The molecule has 0 aliphatic heterocycles. The zero-order valence-electron chi connectivity index (χ0n) is 18.4. The highest BCUT2D eigenvalue weighted by Crippen LogP contribution is 2.31. The molecule has 2 heterocycles. The number of nitrogens with zero attached hydrogens (tertiary/aromatic N) is 2. The van der Waals surface area contributed by atoms with Gasteiger partial charge in [-0.25, -0.2) is 0 Å². The number of benzene rings is 4. The minimum absolute atomic E-state index is 1.02. The van der Waals surface area contributed by atoms with E-state index in [0.29, 0.717) is 0 Å². The van der Waals surface area contributed by atoms with Crippen LogP contribution in [0.5, 0.6) is 0 Å². The van der Waals surface area contributed by atoms with E-state index in [1.54, 1.807) is 0 Å². The molecule has 6 rings (SSSR count). The second kappa shape index (κ2) is 8.40. The molecule has 4 aromatic carbocycles. The Hall–Kier alpha value is -4.17. The highest BCUT2D eigenvalue weighted by Gasteiger charge is 2.11. The summed E-state index contributed by atoms with van der Waals surface area (Å²) in [4.78, 5) is 4.44. The topological polar surface area (TPSA) is 17.8 Å². The quantitative estimate of drug-likeness (QED) is 0.278. The number of fused-ring (bicyclic) bond motifs is 3. The van der Waals surface area contributed by atoms with Crippen molar-refractivity contribution < 1.29 is 0 Å². The normalized spacial score (nSPS) is 11.3. The molecule has 158 valence electrons. The molecule has 0 spiro atoms. The van der Waals surface area contributed by atoms with E-state index in [-0.39, 0.29) is 0 Å². The first kappa shape index (κ1) is 19.5. The molecule has 2 aromatic heterocycles. The number of hydrogen-bond acceptors (Lipinski definition) is 1.